The van der Waals surface area contributed by atoms with Gasteiger partial charge in [0, 0.05) is 4.47 Å². The van der Waals surface area contributed by atoms with Crippen molar-refractivity contribution in [3.63, 3.8) is 0 Å². The summed E-state index contributed by atoms with van der Waals surface area (Å²) in [5.41, 5.74) is -0.0393. The van der Waals surface area contributed by atoms with E-state index in [1.807, 2.05) is 0 Å². The van der Waals surface area contributed by atoms with Crippen LogP contribution in [0.2, 0.25) is 10.0 Å². The van der Waals surface area contributed by atoms with Crippen molar-refractivity contribution < 1.29 is 18.3 Å². The molecular formula is C11H6BrCl2NO4S2. The fourth-order valence-electron chi connectivity index (χ4n) is 1.54. The Kier molecular flexibility index (Phi) is 4.84. The number of sulfonamides is 1. The van der Waals surface area contributed by atoms with Gasteiger partial charge in [0.05, 0.1) is 15.7 Å². The Hall–Kier alpha value is -0.800. The fourth-order valence-corrected chi connectivity index (χ4v) is 5.30. The van der Waals surface area contributed by atoms with Crippen LogP contribution in [-0.2, 0) is 10.0 Å². The van der Waals surface area contributed by atoms with Crippen LogP contribution in [0.4, 0.5) is 5.69 Å². The third-order valence-electron chi connectivity index (χ3n) is 2.34. The highest BCUT2D eigenvalue weighted by molar-refractivity contribution is 9.10. The first-order valence-electron chi connectivity index (χ1n) is 5.20. The van der Waals surface area contributed by atoms with Gasteiger partial charge in [0.1, 0.15) is 9.77 Å². The molecule has 10 heteroatoms. The molecule has 1 aromatic heterocycles. The molecule has 0 saturated heterocycles. The van der Waals surface area contributed by atoms with E-state index in [4.69, 9.17) is 28.3 Å². The number of carbonyl (C=O) groups is 1. The van der Waals surface area contributed by atoms with Crippen LogP contribution in [0.25, 0.3) is 0 Å². The molecule has 21 heavy (non-hydrogen) atoms. The lowest BCUT2D eigenvalue weighted by Gasteiger charge is -2.11. The van der Waals surface area contributed by atoms with E-state index >= 15 is 0 Å². The molecule has 0 radical (unpaired) electrons. The molecule has 0 unspecified atom stereocenters. The van der Waals surface area contributed by atoms with Crippen molar-refractivity contribution in [3.05, 3.63) is 43.0 Å². The highest BCUT2D eigenvalue weighted by atomic mass is 79.9. The summed E-state index contributed by atoms with van der Waals surface area (Å²) < 4.78 is 27.4. The molecule has 1 heterocycles. The van der Waals surface area contributed by atoms with Gasteiger partial charge in [-0.05, 0) is 23.6 Å². The van der Waals surface area contributed by atoms with Crippen molar-refractivity contribution in [1.29, 1.82) is 0 Å². The molecule has 2 aromatic rings. The van der Waals surface area contributed by atoms with Crippen molar-refractivity contribution >= 4 is 72.1 Å². The second kappa shape index (κ2) is 6.13. The zero-order valence-corrected chi connectivity index (χ0v) is 14.7. The van der Waals surface area contributed by atoms with Crippen molar-refractivity contribution in [3.8, 4) is 0 Å². The predicted octanol–water partition coefficient (Wildman–Crippen LogP) is 4.32. The van der Waals surface area contributed by atoms with Gasteiger partial charge in [0.25, 0.3) is 10.0 Å². The Morgan fingerprint density at radius 1 is 1.29 bits per heavy atom. The van der Waals surface area contributed by atoms with E-state index in [0.717, 1.165) is 11.3 Å². The second-order valence-corrected chi connectivity index (χ2v) is 8.04. The Morgan fingerprint density at radius 2 is 1.86 bits per heavy atom. The van der Waals surface area contributed by atoms with Crippen molar-refractivity contribution in [2.45, 2.75) is 4.90 Å². The minimum Gasteiger partial charge on any atom is -0.477 e. The van der Waals surface area contributed by atoms with Crippen molar-refractivity contribution in [2.24, 2.45) is 0 Å². The van der Waals surface area contributed by atoms with Crippen LogP contribution in [0.3, 0.4) is 0 Å². The summed E-state index contributed by atoms with van der Waals surface area (Å²) in [6.45, 7) is 0. The van der Waals surface area contributed by atoms with E-state index in [1.165, 1.54) is 23.6 Å². The Balaban J connectivity index is 2.49. The lowest BCUT2D eigenvalue weighted by atomic mass is 10.4. The van der Waals surface area contributed by atoms with Gasteiger partial charge in [-0.1, -0.05) is 39.1 Å². The van der Waals surface area contributed by atoms with E-state index in [1.54, 1.807) is 0 Å². The molecule has 0 bridgehead atoms. The van der Waals surface area contributed by atoms with Crippen LogP contribution < -0.4 is 4.72 Å². The Morgan fingerprint density at radius 3 is 2.38 bits per heavy atom. The SMILES string of the molecule is O=C(O)c1sccc1NS(=O)(=O)c1c(Cl)cc(Br)cc1Cl. The summed E-state index contributed by atoms with van der Waals surface area (Å²) >= 11 is 15.9. The first kappa shape index (κ1) is 16.6. The zero-order valence-electron chi connectivity index (χ0n) is 9.93. The summed E-state index contributed by atoms with van der Waals surface area (Å²) in [4.78, 5) is 10.6. The van der Waals surface area contributed by atoms with Crippen LogP contribution in [0, 0.1) is 0 Å². The molecular weight excluding hydrogens is 425 g/mol. The largest absolute Gasteiger partial charge is 0.477 e. The van der Waals surface area contributed by atoms with Crippen LogP contribution >= 0.6 is 50.5 Å². The van der Waals surface area contributed by atoms with Crippen LogP contribution in [0.5, 0.6) is 0 Å². The summed E-state index contributed by atoms with van der Waals surface area (Å²) in [5.74, 6) is -1.23. The van der Waals surface area contributed by atoms with Crippen molar-refractivity contribution in [1.82, 2.24) is 0 Å². The molecule has 5 nitrogen and oxygen atoms in total. The number of nitrogens with one attached hydrogen (secondary N) is 1. The highest BCUT2D eigenvalue weighted by Crippen LogP contribution is 2.34. The average molecular weight is 431 g/mol. The number of carboxylic acids is 1. The number of rotatable bonds is 4. The minimum atomic E-state index is -4.11. The van der Waals surface area contributed by atoms with Gasteiger partial charge in [-0.15, -0.1) is 11.3 Å². The van der Waals surface area contributed by atoms with E-state index in [0.29, 0.717) is 4.47 Å². The number of carboxylic acid groups (broad SMARTS) is 1. The molecule has 0 amide bonds. The Labute approximate surface area is 142 Å². The first-order chi connectivity index (χ1) is 9.72. The maximum absolute atomic E-state index is 12.3. The van der Waals surface area contributed by atoms with Crippen molar-refractivity contribution in [2.75, 3.05) is 4.72 Å². The molecule has 0 aliphatic rings. The molecule has 2 rings (SSSR count). The number of aromatic carboxylic acids is 1. The molecule has 0 fully saturated rings. The summed E-state index contributed by atoms with van der Waals surface area (Å²) in [7, 11) is -4.11. The average Bonchev–Trinajstić information content (AvgIpc) is 2.73. The summed E-state index contributed by atoms with van der Waals surface area (Å²) in [6.07, 6.45) is 0. The standard InChI is InChI=1S/C11H6BrCl2NO4S2/c12-5-3-6(13)10(7(14)4-5)21(18,19)15-8-1-2-20-9(8)11(16)17/h1-4,15H,(H,16,17). The molecule has 0 atom stereocenters. The second-order valence-electron chi connectivity index (χ2n) is 3.77. The predicted molar refractivity (Wildman–Crippen MR) is 86.2 cm³/mol. The van der Waals surface area contributed by atoms with Gasteiger partial charge >= 0.3 is 5.97 Å². The topological polar surface area (TPSA) is 83.5 Å². The van der Waals surface area contributed by atoms with E-state index in [9.17, 15) is 13.2 Å². The van der Waals surface area contributed by atoms with Crippen LogP contribution in [-0.4, -0.2) is 19.5 Å². The summed E-state index contributed by atoms with van der Waals surface area (Å²) in [6, 6.07) is 4.12. The zero-order chi connectivity index (χ0) is 15.8. The van der Waals surface area contributed by atoms with Gasteiger partial charge < -0.3 is 5.11 Å². The van der Waals surface area contributed by atoms with Crippen LogP contribution in [0.15, 0.2) is 32.9 Å². The van der Waals surface area contributed by atoms with E-state index in [-0.39, 0.29) is 25.5 Å². The number of hydrogen-bond donors (Lipinski definition) is 2. The molecule has 0 spiro atoms. The maximum atomic E-state index is 12.3. The van der Waals surface area contributed by atoms with Gasteiger partial charge in [-0.2, -0.15) is 0 Å². The number of thiophene rings is 1. The number of hydrogen-bond acceptors (Lipinski definition) is 4. The lowest BCUT2D eigenvalue weighted by Crippen LogP contribution is -2.15. The summed E-state index contributed by atoms with van der Waals surface area (Å²) in [5, 5.41) is 10.3. The maximum Gasteiger partial charge on any atom is 0.348 e. The minimum absolute atomic E-state index is 0.0393. The lowest BCUT2D eigenvalue weighted by molar-refractivity contribution is 0.0703. The third-order valence-corrected chi connectivity index (χ3v) is 5.98. The highest BCUT2D eigenvalue weighted by Gasteiger charge is 2.25. The fraction of sp³-hybridized carbons (Fsp3) is 0. The molecule has 2 N–H and O–H groups in total. The van der Waals surface area contributed by atoms with E-state index in [2.05, 4.69) is 20.7 Å². The molecule has 112 valence electrons. The number of halogens is 3. The normalized spacial score (nSPS) is 11.4. The third kappa shape index (κ3) is 3.51. The molecule has 1 aromatic carbocycles. The van der Waals surface area contributed by atoms with Gasteiger partial charge in [0.15, 0.2) is 0 Å². The van der Waals surface area contributed by atoms with Gasteiger partial charge in [-0.3, -0.25) is 4.72 Å². The quantitative estimate of drug-likeness (QED) is 0.756. The smallest absolute Gasteiger partial charge is 0.348 e. The number of anilines is 1. The van der Waals surface area contributed by atoms with Gasteiger partial charge in [-0.25, -0.2) is 13.2 Å². The van der Waals surface area contributed by atoms with Crippen LogP contribution in [0.1, 0.15) is 9.67 Å². The Bertz CT molecular complexity index is 796. The molecule has 0 saturated carbocycles. The number of benzene rings is 1. The van der Waals surface area contributed by atoms with E-state index < -0.39 is 16.0 Å². The van der Waals surface area contributed by atoms with Gasteiger partial charge in [0.2, 0.25) is 0 Å². The molecule has 0 aliphatic heterocycles. The monoisotopic (exact) mass is 429 g/mol. The molecule has 0 aliphatic carbocycles. The first-order valence-corrected chi connectivity index (χ1v) is 9.11.